The first-order valence-corrected chi connectivity index (χ1v) is 13.5. The molecular formula is C30H44O6. The smallest absolute Gasteiger partial charge is 0.203 e. The fourth-order valence-corrected chi connectivity index (χ4v) is 4.25. The van der Waals surface area contributed by atoms with Crippen molar-refractivity contribution in [2.75, 3.05) is 6.61 Å². The molecule has 0 saturated heterocycles. The van der Waals surface area contributed by atoms with Gasteiger partial charge in [-0.05, 0) is 41.8 Å². The number of rotatable bonds is 18. The molecule has 0 fully saturated rings. The van der Waals surface area contributed by atoms with Gasteiger partial charge in [-0.2, -0.15) is 0 Å². The largest absolute Gasteiger partial charge is 0.504 e. The van der Waals surface area contributed by atoms with Crippen molar-refractivity contribution >= 4 is 12.2 Å². The lowest BCUT2D eigenvalue weighted by Crippen LogP contribution is -1.98. The van der Waals surface area contributed by atoms with Crippen LogP contribution in [0.2, 0.25) is 0 Å². The normalized spacial score (nSPS) is 11.4. The minimum absolute atomic E-state index is 0.0711. The van der Waals surface area contributed by atoms with Gasteiger partial charge in [0, 0.05) is 0 Å². The molecule has 0 aliphatic rings. The Balaban J connectivity index is 1.61. The van der Waals surface area contributed by atoms with E-state index in [1.807, 2.05) is 0 Å². The van der Waals surface area contributed by atoms with E-state index >= 15 is 0 Å². The second kappa shape index (κ2) is 16.6. The Kier molecular flexibility index (Phi) is 13.5. The maximum atomic E-state index is 10.3. The first kappa shape index (κ1) is 29.2. The minimum Gasteiger partial charge on any atom is -0.504 e. The molecule has 0 heterocycles. The van der Waals surface area contributed by atoms with E-state index in [0.717, 1.165) is 12.8 Å². The first-order valence-electron chi connectivity index (χ1n) is 13.5. The predicted octanol–water partition coefficient (Wildman–Crippen LogP) is 8.25. The summed E-state index contributed by atoms with van der Waals surface area (Å²) in [6.07, 6.45) is 21.1. The fraction of sp³-hybridized carbons (Fsp3) is 0.533. The van der Waals surface area contributed by atoms with Gasteiger partial charge in [0.15, 0.2) is 28.7 Å². The highest BCUT2D eigenvalue weighted by Gasteiger charge is 2.11. The summed E-state index contributed by atoms with van der Waals surface area (Å²) in [5.74, 6) is -1.70. The number of unbranched alkanes of at least 4 members (excludes halogenated alkanes) is 13. The molecular weight excluding hydrogens is 456 g/mol. The molecule has 2 rings (SSSR count). The Bertz CT molecular complexity index is 891. The fourth-order valence-electron chi connectivity index (χ4n) is 4.25. The number of ether oxygens (including phenoxy) is 1. The van der Waals surface area contributed by atoms with Crippen LogP contribution in [0.4, 0.5) is 0 Å². The minimum atomic E-state index is -0.581. The topological polar surface area (TPSA) is 110 Å². The van der Waals surface area contributed by atoms with Crippen LogP contribution < -0.4 is 4.74 Å². The molecule has 5 N–H and O–H groups in total. The number of benzene rings is 2. The molecule has 0 radical (unpaired) electrons. The summed E-state index contributed by atoms with van der Waals surface area (Å²) in [6.45, 7) is 2.69. The van der Waals surface area contributed by atoms with E-state index in [-0.39, 0.29) is 17.2 Å². The van der Waals surface area contributed by atoms with E-state index in [4.69, 9.17) is 4.74 Å². The molecule has 0 saturated carbocycles. The van der Waals surface area contributed by atoms with Crippen molar-refractivity contribution in [3.05, 3.63) is 35.4 Å². The lowest BCUT2D eigenvalue weighted by atomic mass is 10.0. The van der Waals surface area contributed by atoms with E-state index in [1.54, 1.807) is 12.2 Å². The van der Waals surface area contributed by atoms with Gasteiger partial charge >= 0.3 is 0 Å². The quantitative estimate of drug-likeness (QED) is 0.0800. The predicted molar refractivity (Wildman–Crippen MR) is 146 cm³/mol. The summed E-state index contributed by atoms with van der Waals surface area (Å²) in [5, 5.41) is 49.2. The van der Waals surface area contributed by atoms with Gasteiger partial charge in [0.25, 0.3) is 0 Å². The van der Waals surface area contributed by atoms with Gasteiger partial charge in [-0.1, -0.05) is 103 Å². The molecule has 0 unspecified atom stereocenters. The molecule has 0 aliphatic heterocycles. The molecule has 36 heavy (non-hydrogen) atoms. The molecule has 2 aromatic rings. The van der Waals surface area contributed by atoms with Crippen LogP contribution in [0.1, 0.15) is 108 Å². The summed E-state index contributed by atoms with van der Waals surface area (Å²) < 4.78 is 5.62. The van der Waals surface area contributed by atoms with Crippen LogP contribution >= 0.6 is 0 Å². The Morgan fingerprint density at radius 3 is 1.31 bits per heavy atom. The highest BCUT2D eigenvalue weighted by molar-refractivity contribution is 5.74. The highest BCUT2D eigenvalue weighted by atomic mass is 16.5. The van der Waals surface area contributed by atoms with Gasteiger partial charge in [0.2, 0.25) is 5.75 Å². The molecule has 6 heteroatoms. The van der Waals surface area contributed by atoms with Crippen LogP contribution in [0, 0.1) is 0 Å². The SMILES string of the molecule is CCCCCCCCCCCCCCCCOc1c(O)cc(/C=C/c2cc(O)c(O)c(O)c2)cc1O. The lowest BCUT2D eigenvalue weighted by molar-refractivity contribution is 0.274. The van der Waals surface area contributed by atoms with Crippen molar-refractivity contribution in [3.63, 3.8) is 0 Å². The second-order valence-electron chi connectivity index (χ2n) is 9.57. The average molecular weight is 501 g/mol. The summed E-state index contributed by atoms with van der Waals surface area (Å²) in [4.78, 5) is 0. The van der Waals surface area contributed by atoms with Crippen LogP contribution in [-0.2, 0) is 0 Å². The molecule has 0 aromatic heterocycles. The molecule has 200 valence electrons. The average Bonchev–Trinajstić information content (AvgIpc) is 2.84. The van der Waals surface area contributed by atoms with Crippen molar-refractivity contribution in [2.45, 2.75) is 96.8 Å². The first-order chi connectivity index (χ1) is 17.4. The third kappa shape index (κ3) is 10.7. The molecule has 0 bridgehead atoms. The van der Waals surface area contributed by atoms with Crippen LogP contribution in [0.5, 0.6) is 34.5 Å². The number of phenolic OH excluding ortho intramolecular Hbond substituents is 5. The van der Waals surface area contributed by atoms with Gasteiger partial charge in [-0.3, -0.25) is 0 Å². The Labute approximate surface area is 215 Å². The third-order valence-electron chi connectivity index (χ3n) is 6.38. The van der Waals surface area contributed by atoms with Crippen molar-refractivity contribution in [2.24, 2.45) is 0 Å². The molecule has 0 atom stereocenters. The Morgan fingerprint density at radius 2 is 0.889 bits per heavy atom. The van der Waals surface area contributed by atoms with Crippen molar-refractivity contribution in [3.8, 4) is 34.5 Å². The molecule has 6 nitrogen and oxygen atoms in total. The maximum absolute atomic E-state index is 10.3. The Morgan fingerprint density at radius 1 is 0.528 bits per heavy atom. The van der Waals surface area contributed by atoms with Gasteiger partial charge in [0.05, 0.1) is 6.61 Å². The van der Waals surface area contributed by atoms with Gasteiger partial charge in [-0.25, -0.2) is 0 Å². The summed E-state index contributed by atoms with van der Waals surface area (Å²) in [6, 6.07) is 5.52. The lowest BCUT2D eigenvalue weighted by Gasteiger charge is -2.11. The zero-order valence-electron chi connectivity index (χ0n) is 21.7. The van der Waals surface area contributed by atoms with Crippen molar-refractivity contribution in [1.82, 2.24) is 0 Å². The maximum Gasteiger partial charge on any atom is 0.203 e. The van der Waals surface area contributed by atoms with Crippen LogP contribution in [-0.4, -0.2) is 32.1 Å². The summed E-state index contributed by atoms with van der Waals surface area (Å²) in [7, 11) is 0. The molecule has 0 spiro atoms. The number of hydrogen-bond acceptors (Lipinski definition) is 6. The monoisotopic (exact) mass is 500 g/mol. The number of phenols is 5. The number of aromatic hydroxyl groups is 5. The van der Waals surface area contributed by atoms with E-state index in [0.29, 0.717) is 17.7 Å². The van der Waals surface area contributed by atoms with E-state index in [2.05, 4.69) is 6.92 Å². The van der Waals surface area contributed by atoms with Crippen LogP contribution in [0.25, 0.3) is 12.2 Å². The van der Waals surface area contributed by atoms with Gasteiger partial charge in [-0.15, -0.1) is 0 Å². The van der Waals surface area contributed by atoms with E-state index in [1.165, 1.54) is 101 Å². The molecule has 2 aromatic carbocycles. The van der Waals surface area contributed by atoms with E-state index in [9.17, 15) is 25.5 Å². The third-order valence-corrected chi connectivity index (χ3v) is 6.38. The zero-order chi connectivity index (χ0) is 26.2. The van der Waals surface area contributed by atoms with Crippen molar-refractivity contribution < 1.29 is 30.3 Å². The molecule has 0 amide bonds. The van der Waals surface area contributed by atoms with E-state index < -0.39 is 17.2 Å². The van der Waals surface area contributed by atoms with Gasteiger partial charge in [0.1, 0.15) is 0 Å². The zero-order valence-corrected chi connectivity index (χ0v) is 21.7. The van der Waals surface area contributed by atoms with Crippen LogP contribution in [0.15, 0.2) is 24.3 Å². The highest BCUT2D eigenvalue weighted by Crippen LogP contribution is 2.38. The standard InChI is InChI=1S/C30H44O6/c1-2-3-4-5-6-7-8-9-10-11-12-13-14-15-18-36-30-27(33)21-24(22-28(30)34)17-16-23-19-25(31)29(35)26(32)20-23/h16-17,19-22,31-35H,2-15,18H2,1H3/b17-16+. The van der Waals surface area contributed by atoms with Gasteiger partial charge < -0.3 is 30.3 Å². The number of hydrogen-bond donors (Lipinski definition) is 5. The second-order valence-corrected chi connectivity index (χ2v) is 9.57. The molecule has 0 aliphatic carbocycles. The summed E-state index contributed by atoms with van der Waals surface area (Å²) >= 11 is 0. The van der Waals surface area contributed by atoms with Crippen LogP contribution in [0.3, 0.4) is 0 Å². The summed E-state index contributed by atoms with van der Waals surface area (Å²) in [5.41, 5.74) is 0.959. The van der Waals surface area contributed by atoms with Crippen molar-refractivity contribution in [1.29, 1.82) is 0 Å². The Hall–Kier alpha value is -3.02.